The van der Waals surface area contributed by atoms with Crippen molar-refractivity contribution >= 4 is 35.1 Å². The summed E-state index contributed by atoms with van der Waals surface area (Å²) in [5, 5.41) is 9.45. The maximum Gasteiger partial charge on any atom is 0.260 e. The fourth-order valence-corrected chi connectivity index (χ4v) is 3.63. The first-order valence-corrected chi connectivity index (χ1v) is 8.61. The first kappa shape index (κ1) is 15.3. The van der Waals surface area contributed by atoms with Crippen LogP contribution < -0.4 is 0 Å². The lowest BCUT2D eigenvalue weighted by atomic mass is 10.3. The standard InChI is InChI=1S/C14H16N4O2S2/c1-10-15-14(17-16-10)22-12(9-11-3-2-8-21-11)13(19)18-4-6-20-7-5-18/h2-3,8-9H,4-7H2,1H3,(H,15,16,17)/b12-9+. The molecule has 0 unspecified atom stereocenters. The average molecular weight is 336 g/mol. The summed E-state index contributed by atoms with van der Waals surface area (Å²) in [6.45, 7) is 4.25. The largest absolute Gasteiger partial charge is 0.378 e. The van der Waals surface area contributed by atoms with E-state index in [4.69, 9.17) is 4.74 Å². The van der Waals surface area contributed by atoms with E-state index < -0.39 is 0 Å². The van der Waals surface area contributed by atoms with E-state index in [1.165, 1.54) is 11.8 Å². The van der Waals surface area contributed by atoms with Crippen LogP contribution >= 0.6 is 23.1 Å². The van der Waals surface area contributed by atoms with Crippen LogP contribution in [0.3, 0.4) is 0 Å². The SMILES string of the molecule is Cc1nc(S/C(=C/c2cccs2)C(=O)N2CCOCC2)n[nH]1. The number of hydrogen-bond acceptors (Lipinski definition) is 6. The predicted molar refractivity (Wildman–Crippen MR) is 86.7 cm³/mol. The number of hydrogen-bond donors (Lipinski definition) is 1. The van der Waals surface area contributed by atoms with Gasteiger partial charge in [0.2, 0.25) is 5.16 Å². The summed E-state index contributed by atoms with van der Waals surface area (Å²) in [5.41, 5.74) is 0. The Morgan fingerprint density at radius 2 is 2.32 bits per heavy atom. The van der Waals surface area contributed by atoms with Crippen LogP contribution in [0.25, 0.3) is 6.08 Å². The van der Waals surface area contributed by atoms with Gasteiger partial charge in [0.15, 0.2) is 0 Å². The second kappa shape index (κ2) is 7.08. The molecule has 6 nitrogen and oxygen atoms in total. The second-order valence-electron chi connectivity index (χ2n) is 4.73. The van der Waals surface area contributed by atoms with Crippen LogP contribution in [0.4, 0.5) is 0 Å². The minimum atomic E-state index is 0.00385. The number of amides is 1. The number of thiophene rings is 1. The molecule has 8 heteroatoms. The molecule has 1 saturated heterocycles. The van der Waals surface area contributed by atoms with Gasteiger partial charge in [0.1, 0.15) is 5.82 Å². The summed E-state index contributed by atoms with van der Waals surface area (Å²) in [5.74, 6) is 0.737. The summed E-state index contributed by atoms with van der Waals surface area (Å²) in [6.07, 6.45) is 1.90. The van der Waals surface area contributed by atoms with Crippen LogP contribution in [-0.2, 0) is 9.53 Å². The average Bonchev–Trinajstić information content (AvgIpc) is 3.19. The van der Waals surface area contributed by atoms with Crippen molar-refractivity contribution in [3.8, 4) is 0 Å². The molecule has 3 rings (SSSR count). The van der Waals surface area contributed by atoms with Gasteiger partial charge >= 0.3 is 0 Å². The highest BCUT2D eigenvalue weighted by Gasteiger charge is 2.22. The number of rotatable bonds is 4. The van der Waals surface area contributed by atoms with Gasteiger partial charge in [0.05, 0.1) is 18.1 Å². The molecule has 1 aliphatic rings. The van der Waals surface area contributed by atoms with Gasteiger partial charge in [-0.1, -0.05) is 6.07 Å². The highest BCUT2D eigenvalue weighted by molar-refractivity contribution is 8.04. The number of aromatic nitrogens is 3. The molecule has 3 heterocycles. The van der Waals surface area contributed by atoms with E-state index in [0.717, 1.165) is 10.7 Å². The quantitative estimate of drug-likeness (QED) is 0.684. The fourth-order valence-electron chi connectivity index (χ4n) is 2.03. The zero-order chi connectivity index (χ0) is 15.4. The Balaban J connectivity index is 1.83. The zero-order valence-electron chi connectivity index (χ0n) is 12.1. The Bertz CT molecular complexity index is 660. The van der Waals surface area contributed by atoms with Gasteiger partial charge in [0, 0.05) is 18.0 Å². The molecule has 0 aromatic carbocycles. The number of ether oxygens (including phenoxy) is 1. The summed E-state index contributed by atoms with van der Waals surface area (Å²) in [4.78, 5) is 20.5. The molecule has 0 aliphatic carbocycles. The smallest absolute Gasteiger partial charge is 0.260 e. The number of carbonyl (C=O) groups is 1. The van der Waals surface area contributed by atoms with Crippen molar-refractivity contribution < 1.29 is 9.53 Å². The van der Waals surface area contributed by atoms with Gasteiger partial charge in [-0.3, -0.25) is 9.89 Å². The third-order valence-electron chi connectivity index (χ3n) is 3.10. The molecule has 22 heavy (non-hydrogen) atoms. The number of morpholine rings is 1. The van der Waals surface area contributed by atoms with Crippen molar-refractivity contribution in [2.45, 2.75) is 12.1 Å². The summed E-state index contributed by atoms with van der Waals surface area (Å²) < 4.78 is 5.31. The van der Waals surface area contributed by atoms with E-state index in [-0.39, 0.29) is 5.91 Å². The summed E-state index contributed by atoms with van der Waals surface area (Å²) in [6, 6.07) is 3.95. The fraction of sp³-hybridized carbons (Fsp3) is 0.357. The number of aromatic amines is 1. The maximum absolute atomic E-state index is 12.8. The molecule has 2 aromatic heterocycles. The van der Waals surface area contributed by atoms with E-state index in [9.17, 15) is 4.79 Å². The molecule has 1 amide bonds. The molecule has 1 fully saturated rings. The van der Waals surface area contributed by atoms with Gasteiger partial charge in [-0.05, 0) is 36.2 Å². The van der Waals surface area contributed by atoms with Gasteiger partial charge in [-0.2, -0.15) is 0 Å². The van der Waals surface area contributed by atoms with Gasteiger partial charge in [-0.25, -0.2) is 4.98 Å². The molecule has 0 saturated carbocycles. The monoisotopic (exact) mass is 336 g/mol. The van der Waals surface area contributed by atoms with E-state index in [0.29, 0.717) is 36.4 Å². The van der Waals surface area contributed by atoms with Crippen LogP contribution in [0.1, 0.15) is 10.7 Å². The van der Waals surface area contributed by atoms with Crippen molar-refractivity contribution in [3.63, 3.8) is 0 Å². The van der Waals surface area contributed by atoms with Crippen LogP contribution in [0, 0.1) is 6.92 Å². The molecule has 0 atom stereocenters. The van der Waals surface area contributed by atoms with Crippen molar-refractivity contribution in [3.05, 3.63) is 33.1 Å². The molecule has 1 N–H and O–H groups in total. The second-order valence-corrected chi connectivity index (χ2v) is 6.72. The maximum atomic E-state index is 12.8. The predicted octanol–water partition coefficient (Wildman–Crippen LogP) is 2.17. The van der Waals surface area contributed by atoms with Crippen molar-refractivity contribution in [2.24, 2.45) is 0 Å². The number of nitrogens with zero attached hydrogens (tertiary/aromatic N) is 3. The van der Waals surface area contributed by atoms with E-state index in [1.54, 1.807) is 11.3 Å². The molecule has 116 valence electrons. The van der Waals surface area contributed by atoms with Crippen LogP contribution in [0.15, 0.2) is 27.6 Å². The molecular weight excluding hydrogens is 320 g/mol. The molecule has 0 bridgehead atoms. The Morgan fingerprint density at radius 3 is 2.95 bits per heavy atom. The highest BCUT2D eigenvalue weighted by Crippen LogP contribution is 2.28. The van der Waals surface area contributed by atoms with Gasteiger partial charge < -0.3 is 9.64 Å². The van der Waals surface area contributed by atoms with Gasteiger partial charge in [0.25, 0.3) is 5.91 Å². The lowest BCUT2D eigenvalue weighted by Crippen LogP contribution is -2.41. The van der Waals surface area contributed by atoms with E-state index >= 15 is 0 Å². The van der Waals surface area contributed by atoms with Crippen LogP contribution in [-0.4, -0.2) is 52.3 Å². The topological polar surface area (TPSA) is 71.1 Å². The molecular formula is C14H16N4O2S2. The van der Waals surface area contributed by atoms with Crippen molar-refractivity contribution in [2.75, 3.05) is 26.3 Å². The lowest BCUT2D eigenvalue weighted by molar-refractivity contribution is -0.130. The Hall–Kier alpha value is -1.64. The Morgan fingerprint density at radius 1 is 1.50 bits per heavy atom. The van der Waals surface area contributed by atoms with Crippen LogP contribution in [0.5, 0.6) is 0 Å². The van der Waals surface area contributed by atoms with Crippen LogP contribution in [0.2, 0.25) is 0 Å². The normalized spacial score (nSPS) is 16.0. The van der Waals surface area contributed by atoms with Gasteiger partial charge in [-0.15, -0.1) is 16.4 Å². The number of carbonyl (C=O) groups excluding carboxylic acids is 1. The minimum absolute atomic E-state index is 0.00385. The molecule has 0 spiro atoms. The number of nitrogens with one attached hydrogen (secondary N) is 1. The first-order valence-electron chi connectivity index (χ1n) is 6.91. The molecule has 1 aliphatic heterocycles. The molecule has 2 aromatic rings. The summed E-state index contributed by atoms with van der Waals surface area (Å²) >= 11 is 2.89. The van der Waals surface area contributed by atoms with E-state index in [2.05, 4.69) is 15.2 Å². The third-order valence-corrected chi connectivity index (χ3v) is 4.80. The molecule has 0 radical (unpaired) electrons. The third kappa shape index (κ3) is 3.76. The van der Waals surface area contributed by atoms with Crippen molar-refractivity contribution in [1.82, 2.24) is 20.1 Å². The zero-order valence-corrected chi connectivity index (χ0v) is 13.7. The Labute approximate surface area is 136 Å². The summed E-state index contributed by atoms with van der Waals surface area (Å²) in [7, 11) is 0. The number of aryl methyl sites for hydroxylation is 1. The first-order chi connectivity index (χ1) is 10.7. The lowest BCUT2D eigenvalue weighted by Gasteiger charge is -2.27. The minimum Gasteiger partial charge on any atom is -0.378 e. The van der Waals surface area contributed by atoms with E-state index in [1.807, 2.05) is 35.4 Å². The Kier molecular flexibility index (Phi) is 4.91. The number of H-pyrrole nitrogens is 1. The highest BCUT2D eigenvalue weighted by atomic mass is 32.2. The number of thioether (sulfide) groups is 1. The van der Waals surface area contributed by atoms with Crippen molar-refractivity contribution in [1.29, 1.82) is 0 Å².